The van der Waals surface area contributed by atoms with E-state index in [1.807, 2.05) is 176 Å². The number of pyridine rings is 2. The molecule has 2 aromatic heterocycles. The molecule has 0 N–H and O–H groups in total. The van der Waals surface area contributed by atoms with Crippen LogP contribution in [0.2, 0.25) is 0 Å². The van der Waals surface area contributed by atoms with Crippen molar-refractivity contribution in [2.24, 2.45) is 17.4 Å². The average Bonchev–Trinajstić information content (AvgIpc) is 3.11. The Bertz CT molecular complexity index is 1740. The van der Waals surface area contributed by atoms with Gasteiger partial charge in [0.2, 0.25) is 5.69 Å². The predicted molar refractivity (Wildman–Crippen MR) is 178 cm³/mol. The summed E-state index contributed by atoms with van der Waals surface area (Å²) < 4.78 is 2.04. The van der Waals surface area contributed by atoms with E-state index in [4.69, 9.17) is 9.68 Å². The smallest absolute Gasteiger partial charge is 0.234 e. The zero-order valence-electron chi connectivity index (χ0n) is 25.2. The minimum absolute atomic E-state index is 0.435. The van der Waals surface area contributed by atoms with Crippen molar-refractivity contribution in [3.8, 4) is 0 Å². The molecule has 4 aromatic carbocycles. The van der Waals surface area contributed by atoms with Gasteiger partial charge in [0, 0.05) is 29.5 Å². The summed E-state index contributed by atoms with van der Waals surface area (Å²) in [6, 6.07) is 51.8. The van der Waals surface area contributed by atoms with Gasteiger partial charge in [-0.05, 0) is 29.3 Å². The molecule has 0 aliphatic heterocycles. The van der Waals surface area contributed by atoms with E-state index in [1.165, 1.54) is 0 Å². The molecule has 45 heavy (non-hydrogen) atoms. The molecule has 6 nitrogen and oxygen atoms in total. The quantitative estimate of drug-likeness (QED) is 0.0940. The number of aryl methyl sites for hydroxylation is 1. The number of oxime groups is 2. The maximum atomic E-state index is 5.62. The number of aromatic nitrogens is 2. The van der Waals surface area contributed by atoms with Gasteiger partial charge < -0.3 is 9.68 Å². The Kier molecular flexibility index (Phi) is 11.3. The summed E-state index contributed by atoms with van der Waals surface area (Å²) in [7, 11) is 2.00. The van der Waals surface area contributed by atoms with Crippen LogP contribution in [0.5, 0.6) is 0 Å². The predicted octanol–water partition coefficient (Wildman–Crippen LogP) is 7.53. The van der Waals surface area contributed by atoms with Gasteiger partial charge in [-0.2, -0.15) is 4.57 Å². The molecule has 222 valence electrons. The lowest BCUT2D eigenvalue weighted by molar-refractivity contribution is -0.672. The van der Waals surface area contributed by atoms with Crippen LogP contribution in [0.15, 0.2) is 180 Å². The molecule has 0 bridgehead atoms. The van der Waals surface area contributed by atoms with Crippen molar-refractivity contribution in [1.82, 2.24) is 4.98 Å². The molecule has 0 saturated heterocycles. The zero-order valence-corrected chi connectivity index (χ0v) is 25.2. The van der Waals surface area contributed by atoms with Gasteiger partial charge in [-0.3, -0.25) is 4.98 Å². The summed E-state index contributed by atoms with van der Waals surface area (Å²) >= 11 is 0. The topological polar surface area (TPSA) is 60.0 Å². The van der Waals surface area contributed by atoms with E-state index in [2.05, 4.69) is 15.3 Å². The molecule has 0 aliphatic rings. The van der Waals surface area contributed by atoms with Gasteiger partial charge in [0.15, 0.2) is 11.9 Å². The third-order valence-electron chi connectivity index (χ3n) is 6.76. The van der Waals surface area contributed by atoms with Crippen molar-refractivity contribution < 1.29 is 14.2 Å². The Morgan fingerprint density at radius 3 is 1.51 bits per heavy atom. The maximum absolute atomic E-state index is 5.62. The SMILES string of the molecule is C[n+]1ccccc1/C(=N/OCc1ccccc1)c1ccccc1.c1ccc(CO/N=C(\c2ccccc2)c2ccccn2)cc1. The van der Waals surface area contributed by atoms with Crippen molar-refractivity contribution in [2.45, 2.75) is 13.2 Å². The molecule has 0 aliphatic carbocycles. The number of nitrogens with zero attached hydrogens (tertiary/aromatic N) is 4. The van der Waals surface area contributed by atoms with Crippen LogP contribution < -0.4 is 4.57 Å². The lowest BCUT2D eigenvalue weighted by Crippen LogP contribution is -2.36. The molecule has 0 fully saturated rings. The van der Waals surface area contributed by atoms with Gasteiger partial charge in [0.05, 0.1) is 5.69 Å². The van der Waals surface area contributed by atoms with Crippen molar-refractivity contribution in [1.29, 1.82) is 0 Å². The van der Waals surface area contributed by atoms with Crippen molar-refractivity contribution in [2.75, 3.05) is 0 Å². The fraction of sp³-hybridized carbons (Fsp3) is 0.0769. The second-order valence-corrected chi connectivity index (χ2v) is 10.0. The summed E-state index contributed by atoms with van der Waals surface area (Å²) in [4.78, 5) is 15.5. The molecule has 2 heterocycles. The Hall–Kier alpha value is -5.88. The summed E-state index contributed by atoms with van der Waals surface area (Å²) in [6.45, 7) is 0.887. The van der Waals surface area contributed by atoms with Gasteiger partial charge in [0.25, 0.3) is 0 Å². The normalized spacial score (nSPS) is 11.2. The number of rotatable bonds is 10. The van der Waals surface area contributed by atoms with Crippen LogP contribution in [0.25, 0.3) is 0 Å². The molecule has 6 rings (SSSR count). The standard InChI is InChI=1S/C20H19N2O.C19H16N2O/c1-22-15-9-8-14-19(22)20(18-12-6-3-7-13-18)21-23-16-17-10-4-2-5-11-17;1-3-9-16(10-4-1)15-22-21-19(17-11-5-2-6-12-17)18-13-7-8-14-20-18/h2-15H,16H2,1H3;1-14H,15H2/q+1;/b21-20+;21-19+. The van der Waals surface area contributed by atoms with Crippen LogP contribution in [-0.2, 0) is 29.9 Å². The van der Waals surface area contributed by atoms with E-state index in [9.17, 15) is 0 Å². The second kappa shape index (κ2) is 16.7. The minimum atomic E-state index is 0.435. The maximum Gasteiger partial charge on any atom is 0.234 e. The molecule has 6 aromatic rings. The Morgan fingerprint density at radius 1 is 0.533 bits per heavy atom. The number of hydrogen-bond acceptors (Lipinski definition) is 5. The molecule has 0 saturated carbocycles. The fourth-order valence-corrected chi connectivity index (χ4v) is 4.45. The van der Waals surface area contributed by atoms with Gasteiger partial charge in [0.1, 0.15) is 26.0 Å². The van der Waals surface area contributed by atoms with Crippen molar-refractivity contribution in [3.63, 3.8) is 0 Å². The highest BCUT2D eigenvalue weighted by molar-refractivity contribution is 6.11. The van der Waals surface area contributed by atoms with Crippen molar-refractivity contribution >= 4 is 11.4 Å². The van der Waals surface area contributed by atoms with E-state index in [-0.39, 0.29) is 0 Å². The first-order chi connectivity index (χ1) is 22.3. The lowest BCUT2D eigenvalue weighted by Gasteiger charge is -2.06. The van der Waals surface area contributed by atoms with Crippen LogP contribution in [-0.4, -0.2) is 16.4 Å². The third-order valence-corrected chi connectivity index (χ3v) is 6.76. The van der Waals surface area contributed by atoms with E-state index in [0.29, 0.717) is 13.2 Å². The van der Waals surface area contributed by atoms with Gasteiger partial charge in [-0.15, -0.1) is 0 Å². The largest absolute Gasteiger partial charge is 0.390 e. The highest BCUT2D eigenvalue weighted by atomic mass is 16.6. The summed E-state index contributed by atoms with van der Waals surface area (Å²) in [5, 5.41) is 8.73. The van der Waals surface area contributed by atoms with Crippen LogP contribution >= 0.6 is 0 Å². The summed E-state index contributed by atoms with van der Waals surface area (Å²) in [5.41, 5.74) is 7.55. The van der Waals surface area contributed by atoms with E-state index in [1.54, 1.807) is 6.20 Å². The molecule has 0 spiro atoms. The third kappa shape index (κ3) is 9.30. The highest BCUT2D eigenvalue weighted by Gasteiger charge is 2.16. The van der Waals surface area contributed by atoms with Crippen LogP contribution in [0.3, 0.4) is 0 Å². The molecule has 0 atom stereocenters. The molecule has 6 heteroatoms. The summed E-state index contributed by atoms with van der Waals surface area (Å²) in [6.07, 6.45) is 3.76. The first-order valence-corrected chi connectivity index (χ1v) is 14.7. The number of hydrogen-bond donors (Lipinski definition) is 0. The zero-order chi connectivity index (χ0) is 30.9. The van der Waals surface area contributed by atoms with Crippen molar-refractivity contribution in [3.05, 3.63) is 204 Å². The van der Waals surface area contributed by atoms with Gasteiger partial charge >= 0.3 is 0 Å². The first kappa shape index (κ1) is 30.6. The lowest BCUT2D eigenvalue weighted by atomic mass is 10.1. The fourth-order valence-electron chi connectivity index (χ4n) is 4.45. The minimum Gasteiger partial charge on any atom is -0.390 e. The van der Waals surface area contributed by atoms with Crippen LogP contribution in [0.4, 0.5) is 0 Å². The molecule has 0 unspecified atom stereocenters. The molecule has 0 amide bonds. The number of benzene rings is 4. The molecular weight excluding hydrogens is 556 g/mol. The van der Waals surface area contributed by atoms with E-state index < -0.39 is 0 Å². The Balaban J connectivity index is 0.000000178. The van der Waals surface area contributed by atoms with Crippen LogP contribution in [0, 0.1) is 0 Å². The highest BCUT2D eigenvalue weighted by Crippen LogP contribution is 2.11. The van der Waals surface area contributed by atoms with E-state index in [0.717, 1.165) is 45.1 Å². The summed E-state index contributed by atoms with van der Waals surface area (Å²) in [5.74, 6) is 0. The first-order valence-electron chi connectivity index (χ1n) is 14.7. The van der Waals surface area contributed by atoms with Crippen LogP contribution in [0.1, 0.15) is 33.6 Å². The monoisotopic (exact) mass is 591 g/mol. The average molecular weight is 592 g/mol. The van der Waals surface area contributed by atoms with E-state index >= 15 is 0 Å². The Morgan fingerprint density at radius 2 is 1.00 bits per heavy atom. The molecular formula is C39H35N4O2+. The Labute approximate surface area is 264 Å². The van der Waals surface area contributed by atoms with Gasteiger partial charge in [-0.1, -0.05) is 138 Å². The second-order valence-electron chi connectivity index (χ2n) is 10.0. The molecule has 0 radical (unpaired) electrons. The van der Waals surface area contributed by atoms with Gasteiger partial charge in [-0.25, -0.2) is 0 Å².